The SMILES string of the molecule is CCCNC(=O)C(=O)Nc1cccc(C)c1. The van der Waals surface area contributed by atoms with Gasteiger partial charge in [-0.2, -0.15) is 0 Å². The maximum absolute atomic E-state index is 11.4. The molecule has 4 nitrogen and oxygen atoms in total. The van der Waals surface area contributed by atoms with Gasteiger partial charge in [0.05, 0.1) is 0 Å². The lowest BCUT2D eigenvalue weighted by molar-refractivity contribution is -0.136. The van der Waals surface area contributed by atoms with Crippen LogP contribution in [0.15, 0.2) is 24.3 Å². The Bertz CT molecular complexity index is 388. The molecule has 86 valence electrons. The number of amides is 2. The number of rotatable bonds is 3. The van der Waals surface area contributed by atoms with Gasteiger partial charge in [0.2, 0.25) is 0 Å². The minimum absolute atomic E-state index is 0.514. The minimum Gasteiger partial charge on any atom is -0.348 e. The second kappa shape index (κ2) is 5.90. The molecule has 0 aromatic heterocycles. The minimum atomic E-state index is -0.626. The van der Waals surface area contributed by atoms with Crippen LogP contribution < -0.4 is 10.6 Å². The summed E-state index contributed by atoms with van der Waals surface area (Å²) in [7, 11) is 0. The van der Waals surface area contributed by atoms with Gasteiger partial charge < -0.3 is 10.6 Å². The second-order valence-electron chi connectivity index (χ2n) is 3.58. The number of hydrogen-bond acceptors (Lipinski definition) is 2. The van der Waals surface area contributed by atoms with Crippen molar-refractivity contribution in [2.75, 3.05) is 11.9 Å². The fourth-order valence-electron chi connectivity index (χ4n) is 1.23. The summed E-state index contributed by atoms with van der Waals surface area (Å²) in [5.41, 5.74) is 1.67. The summed E-state index contributed by atoms with van der Waals surface area (Å²) in [5.74, 6) is -1.22. The molecule has 0 atom stereocenters. The molecule has 0 aliphatic carbocycles. The number of anilines is 1. The van der Waals surface area contributed by atoms with Crippen molar-refractivity contribution >= 4 is 17.5 Å². The Kier molecular flexibility index (Phi) is 4.51. The monoisotopic (exact) mass is 220 g/mol. The first-order chi connectivity index (χ1) is 7.63. The standard InChI is InChI=1S/C12H16N2O2/c1-3-7-13-11(15)12(16)14-10-6-4-5-9(2)8-10/h4-6,8H,3,7H2,1-2H3,(H,13,15)(H,14,16). The zero-order valence-electron chi connectivity index (χ0n) is 9.54. The quantitative estimate of drug-likeness (QED) is 0.758. The first-order valence-corrected chi connectivity index (χ1v) is 5.29. The Labute approximate surface area is 95.0 Å². The van der Waals surface area contributed by atoms with Crippen molar-refractivity contribution in [2.45, 2.75) is 20.3 Å². The fraction of sp³-hybridized carbons (Fsp3) is 0.333. The number of nitrogens with one attached hydrogen (secondary N) is 2. The third-order valence-corrected chi connectivity index (χ3v) is 2.02. The molecule has 0 aliphatic heterocycles. The molecule has 0 aliphatic rings. The van der Waals surface area contributed by atoms with Crippen LogP contribution in [0.25, 0.3) is 0 Å². The lowest BCUT2D eigenvalue weighted by atomic mass is 10.2. The highest BCUT2D eigenvalue weighted by molar-refractivity contribution is 6.39. The highest BCUT2D eigenvalue weighted by Gasteiger charge is 2.12. The number of hydrogen-bond donors (Lipinski definition) is 2. The van der Waals surface area contributed by atoms with Crippen molar-refractivity contribution < 1.29 is 9.59 Å². The van der Waals surface area contributed by atoms with E-state index < -0.39 is 11.8 Å². The molecule has 0 radical (unpaired) electrons. The number of benzene rings is 1. The van der Waals surface area contributed by atoms with Crippen molar-refractivity contribution in [3.8, 4) is 0 Å². The molecular formula is C12H16N2O2. The Morgan fingerprint density at radius 1 is 1.25 bits per heavy atom. The molecule has 1 aromatic carbocycles. The van der Waals surface area contributed by atoms with Crippen molar-refractivity contribution in [1.82, 2.24) is 5.32 Å². The van der Waals surface area contributed by atoms with E-state index in [1.807, 2.05) is 32.0 Å². The summed E-state index contributed by atoms with van der Waals surface area (Å²) in [6.07, 6.45) is 0.809. The molecule has 2 amide bonds. The van der Waals surface area contributed by atoms with E-state index in [0.29, 0.717) is 12.2 Å². The molecule has 16 heavy (non-hydrogen) atoms. The molecular weight excluding hydrogens is 204 g/mol. The van der Waals surface area contributed by atoms with E-state index in [-0.39, 0.29) is 0 Å². The van der Waals surface area contributed by atoms with E-state index in [1.165, 1.54) is 0 Å². The summed E-state index contributed by atoms with van der Waals surface area (Å²) in [6, 6.07) is 7.31. The van der Waals surface area contributed by atoms with E-state index >= 15 is 0 Å². The lowest BCUT2D eigenvalue weighted by Crippen LogP contribution is -2.35. The summed E-state index contributed by atoms with van der Waals surface area (Å²) in [5, 5.41) is 5.06. The van der Waals surface area contributed by atoms with E-state index in [4.69, 9.17) is 0 Å². The third kappa shape index (κ3) is 3.73. The molecule has 4 heteroatoms. The normalized spacial score (nSPS) is 9.62. The lowest BCUT2D eigenvalue weighted by Gasteiger charge is -2.05. The van der Waals surface area contributed by atoms with Gasteiger partial charge in [0, 0.05) is 12.2 Å². The van der Waals surface area contributed by atoms with Crippen molar-refractivity contribution in [2.24, 2.45) is 0 Å². The summed E-state index contributed by atoms with van der Waals surface area (Å²) >= 11 is 0. The van der Waals surface area contributed by atoms with Gasteiger partial charge in [0.25, 0.3) is 0 Å². The van der Waals surface area contributed by atoms with Crippen molar-refractivity contribution in [3.63, 3.8) is 0 Å². The first kappa shape index (κ1) is 12.2. The second-order valence-corrected chi connectivity index (χ2v) is 3.58. The van der Waals surface area contributed by atoms with Crippen LogP contribution in [-0.2, 0) is 9.59 Å². The summed E-state index contributed by atoms with van der Waals surface area (Å²) in [6.45, 7) is 4.37. The van der Waals surface area contributed by atoms with Gasteiger partial charge in [-0.25, -0.2) is 0 Å². The fourth-order valence-corrected chi connectivity index (χ4v) is 1.23. The average Bonchev–Trinajstić information content (AvgIpc) is 2.25. The first-order valence-electron chi connectivity index (χ1n) is 5.29. The Morgan fingerprint density at radius 2 is 2.00 bits per heavy atom. The van der Waals surface area contributed by atoms with Gasteiger partial charge in [-0.1, -0.05) is 19.1 Å². The van der Waals surface area contributed by atoms with Gasteiger partial charge in [-0.15, -0.1) is 0 Å². The van der Waals surface area contributed by atoms with Gasteiger partial charge in [0.15, 0.2) is 0 Å². The Hall–Kier alpha value is -1.84. The van der Waals surface area contributed by atoms with Crippen molar-refractivity contribution in [1.29, 1.82) is 0 Å². The van der Waals surface area contributed by atoms with Crippen LogP contribution >= 0.6 is 0 Å². The van der Waals surface area contributed by atoms with Crippen molar-refractivity contribution in [3.05, 3.63) is 29.8 Å². The highest BCUT2D eigenvalue weighted by Crippen LogP contribution is 2.08. The predicted octanol–water partition coefficient (Wildman–Crippen LogP) is 1.46. The maximum atomic E-state index is 11.4. The van der Waals surface area contributed by atoms with Crippen LogP contribution in [0, 0.1) is 6.92 Å². The number of carbonyl (C=O) groups excluding carboxylic acids is 2. The molecule has 0 saturated carbocycles. The summed E-state index contributed by atoms with van der Waals surface area (Å²) in [4.78, 5) is 22.7. The van der Waals surface area contributed by atoms with Crippen LogP contribution in [-0.4, -0.2) is 18.4 Å². The molecule has 1 rings (SSSR count). The zero-order chi connectivity index (χ0) is 12.0. The zero-order valence-corrected chi connectivity index (χ0v) is 9.54. The van der Waals surface area contributed by atoms with Gasteiger partial charge in [-0.05, 0) is 31.0 Å². The third-order valence-electron chi connectivity index (χ3n) is 2.02. The van der Waals surface area contributed by atoms with Crippen LogP contribution in [0.2, 0.25) is 0 Å². The average molecular weight is 220 g/mol. The number of carbonyl (C=O) groups is 2. The Morgan fingerprint density at radius 3 is 2.62 bits per heavy atom. The topological polar surface area (TPSA) is 58.2 Å². The Balaban J connectivity index is 2.54. The molecule has 1 aromatic rings. The highest BCUT2D eigenvalue weighted by atomic mass is 16.2. The van der Waals surface area contributed by atoms with Crippen LogP contribution in [0.5, 0.6) is 0 Å². The molecule has 0 spiro atoms. The van der Waals surface area contributed by atoms with Crippen LogP contribution in [0.3, 0.4) is 0 Å². The van der Waals surface area contributed by atoms with Gasteiger partial charge in [-0.3, -0.25) is 9.59 Å². The maximum Gasteiger partial charge on any atom is 0.313 e. The largest absolute Gasteiger partial charge is 0.348 e. The molecule has 0 heterocycles. The predicted molar refractivity (Wildman–Crippen MR) is 63.1 cm³/mol. The number of aryl methyl sites for hydroxylation is 1. The van der Waals surface area contributed by atoms with Gasteiger partial charge in [0.1, 0.15) is 0 Å². The van der Waals surface area contributed by atoms with E-state index in [0.717, 1.165) is 12.0 Å². The molecule has 0 fully saturated rings. The molecule has 2 N–H and O–H groups in total. The van der Waals surface area contributed by atoms with E-state index in [9.17, 15) is 9.59 Å². The molecule has 0 saturated heterocycles. The van der Waals surface area contributed by atoms with E-state index in [1.54, 1.807) is 6.07 Å². The van der Waals surface area contributed by atoms with Gasteiger partial charge >= 0.3 is 11.8 Å². The van der Waals surface area contributed by atoms with Crippen LogP contribution in [0.1, 0.15) is 18.9 Å². The summed E-state index contributed by atoms with van der Waals surface area (Å²) < 4.78 is 0. The smallest absolute Gasteiger partial charge is 0.313 e. The van der Waals surface area contributed by atoms with Crippen LogP contribution in [0.4, 0.5) is 5.69 Å². The molecule has 0 bridgehead atoms. The van der Waals surface area contributed by atoms with E-state index in [2.05, 4.69) is 10.6 Å². The molecule has 0 unspecified atom stereocenters.